The lowest BCUT2D eigenvalue weighted by Gasteiger charge is -2.22. The Morgan fingerprint density at radius 1 is 1.28 bits per heavy atom. The van der Waals surface area contributed by atoms with Crippen LogP contribution in [0, 0.1) is 12.8 Å². The van der Waals surface area contributed by atoms with Gasteiger partial charge >= 0.3 is 0 Å². The largest absolute Gasteiger partial charge is 0.497 e. The molecule has 2 heteroatoms. The van der Waals surface area contributed by atoms with Gasteiger partial charge in [-0.15, -0.1) is 0 Å². The molecule has 0 aliphatic rings. The van der Waals surface area contributed by atoms with E-state index in [4.69, 9.17) is 4.74 Å². The molecule has 0 amide bonds. The Hall–Kier alpha value is -1.02. The van der Waals surface area contributed by atoms with Gasteiger partial charge in [-0.1, -0.05) is 26.8 Å². The van der Waals surface area contributed by atoms with Crippen LogP contribution in [0.15, 0.2) is 18.2 Å². The van der Waals surface area contributed by atoms with Gasteiger partial charge in [0.2, 0.25) is 0 Å². The summed E-state index contributed by atoms with van der Waals surface area (Å²) in [6.45, 7) is 9.95. The Labute approximate surface area is 112 Å². The molecule has 0 aliphatic carbocycles. The van der Waals surface area contributed by atoms with E-state index in [1.165, 1.54) is 17.5 Å². The molecular formula is C16H27NO. The summed E-state index contributed by atoms with van der Waals surface area (Å²) >= 11 is 0. The molecule has 0 heterocycles. The van der Waals surface area contributed by atoms with E-state index in [9.17, 15) is 0 Å². The average Bonchev–Trinajstić information content (AvgIpc) is 2.35. The molecule has 0 radical (unpaired) electrons. The van der Waals surface area contributed by atoms with Crippen LogP contribution in [0.3, 0.4) is 0 Å². The van der Waals surface area contributed by atoms with Gasteiger partial charge in [0.25, 0.3) is 0 Å². The van der Waals surface area contributed by atoms with E-state index >= 15 is 0 Å². The summed E-state index contributed by atoms with van der Waals surface area (Å²) in [6, 6.07) is 6.97. The van der Waals surface area contributed by atoms with Crippen molar-refractivity contribution >= 4 is 0 Å². The summed E-state index contributed by atoms with van der Waals surface area (Å²) in [4.78, 5) is 0. The monoisotopic (exact) mass is 249 g/mol. The van der Waals surface area contributed by atoms with Gasteiger partial charge in [-0.2, -0.15) is 0 Å². The second kappa shape index (κ2) is 7.42. The maximum atomic E-state index is 5.24. The zero-order valence-electron chi connectivity index (χ0n) is 12.4. The SMILES string of the molecule is CCNC(CCc1ccc(OC)cc1C)C(C)C. The van der Waals surface area contributed by atoms with Gasteiger partial charge in [0.15, 0.2) is 0 Å². The minimum Gasteiger partial charge on any atom is -0.497 e. The van der Waals surface area contributed by atoms with Gasteiger partial charge in [0.1, 0.15) is 5.75 Å². The Balaban J connectivity index is 2.61. The molecule has 0 spiro atoms. The quantitative estimate of drug-likeness (QED) is 0.797. The molecule has 1 aromatic rings. The minimum atomic E-state index is 0.608. The zero-order valence-corrected chi connectivity index (χ0v) is 12.4. The molecule has 2 nitrogen and oxygen atoms in total. The minimum absolute atomic E-state index is 0.608. The number of aryl methyl sites for hydroxylation is 2. The first-order valence-corrected chi connectivity index (χ1v) is 6.95. The third-order valence-corrected chi connectivity index (χ3v) is 3.55. The summed E-state index contributed by atoms with van der Waals surface area (Å²) in [6.07, 6.45) is 2.32. The first kappa shape index (κ1) is 15.0. The van der Waals surface area contributed by atoms with Gasteiger partial charge in [0.05, 0.1) is 7.11 Å². The highest BCUT2D eigenvalue weighted by Gasteiger charge is 2.12. The highest BCUT2D eigenvalue weighted by molar-refractivity contribution is 5.34. The molecule has 1 atom stereocenters. The Morgan fingerprint density at radius 2 is 2.00 bits per heavy atom. The molecule has 0 aromatic heterocycles. The maximum absolute atomic E-state index is 5.24. The molecule has 0 aliphatic heterocycles. The molecule has 0 saturated carbocycles. The van der Waals surface area contributed by atoms with E-state index in [0.29, 0.717) is 12.0 Å². The number of hydrogen-bond acceptors (Lipinski definition) is 2. The lowest BCUT2D eigenvalue weighted by molar-refractivity contribution is 0.385. The molecule has 1 rings (SSSR count). The van der Waals surface area contributed by atoms with Gasteiger partial charge in [-0.25, -0.2) is 0 Å². The summed E-state index contributed by atoms with van der Waals surface area (Å²) in [5.41, 5.74) is 2.76. The molecule has 1 N–H and O–H groups in total. The summed E-state index contributed by atoms with van der Waals surface area (Å²) < 4.78 is 5.24. The lowest BCUT2D eigenvalue weighted by Crippen LogP contribution is -2.34. The van der Waals surface area contributed by atoms with Crippen LogP contribution in [0.1, 0.15) is 38.3 Å². The predicted octanol–water partition coefficient (Wildman–Crippen LogP) is 3.57. The standard InChI is InChI=1S/C16H27NO/c1-6-17-16(12(2)3)10-8-14-7-9-15(18-5)11-13(14)4/h7,9,11-12,16-17H,6,8,10H2,1-5H3. The Kier molecular flexibility index (Phi) is 6.20. The lowest BCUT2D eigenvalue weighted by atomic mass is 9.95. The van der Waals surface area contributed by atoms with Crippen molar-refractivity contribution in [1.82, 2.24) is 5.32 Å². The number of hydrogen-bond donors (Lipinski definition) is 1. The van der Waals surface area contributed by atoms with E-state index in [0.717, 1.165) is 18.7 Å². The third-order valence-electron chi connectivity index (χ3n) is 3.55. The van der Waals surface area contributed by atoms with Crippen molar-refractivity contribution in [2.75, 3.05) is 13.7 Å². The molecule has 102 valence electrons. The first-order valence-electron chi connectivity index (χ1n) is 6.95. The highest BCUT2D eigenvalue weighted by atomic mass is 16.5. The summed E-state index contributed by atoms with van der Waals surface area (Å²) in [5.74, 6) is 1.63. The summed E-state index contributed by atoms with van der Waals surface area (Å²) in [7, 11) is 1.72. The molecule has 0 fully saturated rings. The van der Waals surface area contributed by atoms with Crippen LogP contribution in [0.4, 0.5) is 0 Å². The number of methoxy groups -OCH3 is 1. The fraction of sp³-hybridized carbons (Fsp3) is 0.625. The number of rotatable bonds is 7. The van der Waals surface area contributed by atoms with Crippen LogP contribution in [0.2, 0.25) is 0 Å². The fourth-order valence-electron chi connectivity index (χ4n) is 2.32. The van der Waals surface area contributed by atoms with Crippen LogP contribution < -0.4 is 10.1 Å². The van der Waals surface area contributed by atoms with E-state index < -0.39 is 0 Å². The maximum Gasteiger partial charge on any atom is 0.119 e. The molecule has 0 saturated heterocycles. The van der Waals surface area contributed by atoms with Crippen molar-refractivity contribution in [1.29, 1.82) is 0 Å². The third kappa shape index (κ3) is 4.34. The van der Waals surface area contributed by atoms with Crippen LogP contribution in [-0.2, 0) is 6.42 Å². The van der Waals surface area contributed by atoms with Crippen LogP contribution in [0.5, 0.6) is 5.75 Å². The van der Waals surface area contributed by atoms with Crippen molar-refractivity contribution < 1.29 is 4.74 Å². The number of nitrogens with one attached hydrogen (secondary N) is 1. The normalized spacial score (nSPS) is 12.8. The topological polar surface area (TPSA) is 21.3 Å². The van der Waals surface area contributed by atoms with E-state index in [1.54, 1.807) is 7.11 Å². The van der Waals surface area contributed by atoms with Crippen LogP contribution in [0.25, 0.3) is 0 Å². The van der Waals surface area contributed by atoms with Gasteiger partial charge in [0, 0.05) is 6.04 Å². The predicted molar refractivity (Wildman–Crippen MR) is 78.4 cm³/mol. The average molecular weight is 249 g/mol. The Bertz CT molecular complexity index is 360. The number of ether oxygens (including phenoxy) is 1. The van der Waals surface area contributed by atoms with Crippen molar-refractivity contribution in [3.05, 3.63) is 29.3 Å². The van der Waals surface area contributed by atoms with E-state index in [-0.39, 0.29) is 0 Å². The molecule has 1 unspecified atom stereocenters. The van der Waals surface area contributed by atoms with Crippen LogP contribution >= 0.6 is 0 Å². The molecule has 18 heavy (non-hydrogen) atoms. The van der Waals surface area contributed by atoms with Crippen molar-refractivity contribution in [3.63, 3.8) is 0 Å². The van der Waals surface area contributed by atoms with Crippen LogP contribution in [-0.4, -0.2) is 19.7 Å². The fourth-order valence-corrected chi connectivity index (χ4v) is 2.32. The second-order valence-corrected chi connectivity index (χ2v) is 5.24. The van der Waals surface area contributed by atoms with Crippen molar-refractivity contribution in [3.8, 4) is 5.75 Å². The zero-order chi connectivity index (χ0) is 13.5. The summed E-state index contributed by atoms with van der Waals surface area (Å²) in [5, 5.41) is 3.57. The van der Waals surface area contributed by atoms with Gasteiger partial charge in [-0.05, 0) is 55.5 Å². The number of benzene rings is 1. The van der Waals surface area contributed by atoms with E-state index in [2.05, 4.69) is 51.2 Å². The molecule has 1 aromatic carbocycles. The molecular weight excluding hydrogens is 222 g/mol. The highest BCUT2D eigenvalue weighted by Crippen LogP contribution is 2.19. The van der Waals surface area contributed by atoms with Crippen molar-refractivity contribution in [2.24, 2.45) is 5.92 Å². The van der Waals surface area contributed by atoms with Crippen molar-refractivity contribution in [2.45, 2.75) is 46.6 Å². The molecule has 0 bridgehead atoms. The second-order valence-electron chi connectivity index (χ2n) is 5.24. The first-order chi connectivity index (χ1) is 8.58. The van der Waals surface area contributed by atoms with Gasteiger partial charge in [-0.3, -0.25) is 0 Å². The van der Waals surface area contributed by atoms with E-state index in [1.807, 2.05) is 0 Å². The Morgan fingerprint density at radius 3 is 2.50 bits per heavy atom. The smallest absolute Gasteiger partial charge is 0.119 e. The van der Waals surface area contributed by atoms with Gasteiger partial charge < -0.3 is 10.1 Å².